The van der Waals surface area contributed by atoms with Gasteiger partial charge in [-0.3, -0.25) is 10.1 Å². The van der Waals surface area contributed by atoms with Crippen LogP contribution in [-0.2, 0) is 4.79 Å². The monoisotopic (exact) mass is 362 g/mol. The fourth-order valence-electron chi connectivity index (χ4n) is 2.43. The number of carbonyl (C=O) groups is 1. The maximum Gasteiger partial charge on any atom is 0.242 e. The quantitative estimate of drug-likeness (QED) is 0.852. The second kappa shape index (κ2) is 7.76. The Morgan fingerprint density at radius 2 is 2.04 bits per heavy atom. The molecular formula is C18H19FN2O3S. The number of rotatable bonds is 5. The molecule has 0 aliphatic carbocycles. The van der Waals surface area contributed by atoms with E-state index in [0.29, 0.717) is 22.9 Å². The summed E-state index contributed by atoms with van der Waals surface area (Å²) in [6.45, 7) is 1.93. The number of amides is 1. The third kappa shape index (κ3) is 4.24. The summed E-state index contributed by atoms with van der Waals surface area (Å²) in [5.41, 5.74) is 1.41. The fraction of sp³-hybridized carbons (Fsp3) is 0.278. The number of thioether (sulfide) groups is 1. The Bertz CT molecular complexity index is 779. The van der Waals surface area contributed by atoms with Gasteiger partial charge in [-0.1, -0.05) is 6.07 Å². The Hall–Kier alpha value is -2.25. The van der Waals surface area contributed by atoms with Crippen LogP contribution in [0.2, 0.25) is 0 Å². The van der Waals surface area contributed by atoms with Crippen LogP contribution in [0.5, 0.6) is 17.2 Å². The van der Waals surface area contributed by atoms with Gasteiger partial charge >= 0.3 is 0 Å². The number of aryl methyl sites for hydroxylation is 1. The summed E-state index contributed by atoms with van der Waals surface area (Å²) in [5.74, 6) is 1.75. The van der Waals surface area contributed by atoms with Crippen LogP contribution in [0, 0.1) is 12.7 Å². The van der Waals surface area contributed by atoms with Crippen molar-refractivity contribution in [2.75, 3.05) is 24.1 Å². The Kier molecular flexibility index (Phi) is 5.45. The maximum absolute atomic E-state index is 14.3. The third-order valence-electron chi connectivity index (χ3n) is 3.77. The normalized spacial score (nSPS) is 16.5. The standard InChI is InChI=1S/C18H19FN2O3S/c1-11-3-5-16(17(7-11)23-2)24-15-6-4-12(8-13(15)19)21-18(22)14-9-25-10-20-14/h3-8,14,20H,9-10H2,1-2H3,(H,21,22). The molecule has 1 fully saturated rings. The number of nitrogens with one attached hydrogen (secondary N) is 2. The van der Waals surface area contributed by atoms with Crippen molar-refractivity contribution < 1.29 is 18.7 Å². The van der Waals surface area contributed by atoms with Gasteiger partial charge in [-0.15, -0.1) is 11.8 Å². The van der Waals surface area contributed by atoms with Crippen LogP contribution in [-0.4, -0.2) is 30.7 Å². The molecule has 2 aromatic rings. The van der Waals surface area contributed by atoms with Crippen LogP contribution < -0.4 is 20.1 Å². The zero-order valence-corrected chi connectivity index (χ0v) is 14.8. The van der Waals surface area contributed by atoms with Gasteiger partial charge < -0.3 is 14.8 Å². The van der Waals surface area contributed by atoms with Crippen molar-refractivity contribution in [1.29, 1.82) is 0 Å². The topological polar surface area (TPSA) is 59.6 Å². The molecule has 0 radical (unpaired) electrons. The lowest BCUT2D eigenvalue weighted by atomic mass is 10.2. The minimum Gasteiger partial charge on any atom is -0.493 e. The third-order valence-corrected chi connectivity index (χ3v) is 4.71. The molecule has 5 nitrogen and oxygen atoms in total. The second-order valence-corrected chi connectivity index (χ2v) is 6.69. The van der Waals surface area contributed by atoms with Crippen molar-refractivity contribution >= 4 is 23.4 Å². The van der Waals surface area contributed by atoms with Crippen LogP contribution in [0.15, 0.2) is 36.4 Å². The van der Waals surface area contributed by atoms with Gasteiger partial charge in [0, 0.05) is 23.4 Å². The molecule has 0 saturated carbocycles. The largest absolute Gasteiger partial charge is 0.493 e. The summed E-state index contributed by atoms with van der Waals surface area (Å²) in [4.78, 5) is 12.1. The molecule has 132 valence electrons. The van der Waals surface area contributed by atoms with Gasteiger partial charge in [0.2, 0.25) is 5.91 Å². The van der Waals surface area contributed by atoms with Gasteiger partial charge in [-0.25, -0.2) is 4.39 Å². The Labute approximate surface area is 149 Å². The number of methoxy groups -OCH3 is 1. The highest BCUT2D eigenvalue weighted by Gasteiger charge is 2.22. The van der Waals surface area contributed by atoms with Crippen LogP contribution in [0.1, 0.15) is 5.56 Å². The number of halogens is 1. The predicted molar refractivity (Wildman–Crippen MR) is 97.1 cm³/mol. The van der Waals surface area contributed by atoms with E-state index in [9.17, 15) is 9.18 Å². The van der Waals surface area contributed by atoms with E-state index in [-0.39, 0.29) is 17.7 Å². The van der Waals surface area contributed by atoms with Crippen LogP contribution in [0.25, 0.3) is 0 Å². The number of anilines is 1. The van der Waals surface area contributed by atoms with Crippen LogP contribution in [0.4, 0.5) is 10.1 Å². The van der Waals surface area contributed by atoms with E-state index in [2.05, 4.69) is 10.6 Å². The van der Waals surface area contributed by atoms with Gasteiger partial charge in [0.25, 0.3) is 0 Å². The van der Waals surface area contributed by atoms with Crippen molar-refractivity contribution in [2.45, 2.75) is 13.0 Å². The first-order valence-electron chi connectivity index (χ1n) is 7.81. The van der Waals surface area contributed by atoms with E-state index in [1.807, 2.05) is 19.1 Å². The smallest absolute Gasteiger partial charge is 0.242 e. The van der Waals surface area contributed by atoms with Gasteiger partial charge in [-0.05, 0) is 36.8 Å². The molecule has 1 atom stereocenters. The van der Waals surface area contributed by atoms with E-state index in [1.165, 1.54) is 19.2 Å². The molecule has 1 aliphatic heterocycles. The van der Waals surface area contributed by atoms with Crippen LogP contribution >= 0.6 is 11.8 Å². The van der Waals surface area contributed by atoms with Gasteiger partial charge in [0.1, 0.15) is 0 Å². The molecule has 2 aromatic carbocycles. The van der Waals surface area contributed by atoms with Gasteiger partial charge in [0.15, 0.2) is 23.1 Å². The molecule has 7 heteroatoms. The summed E-state index contributed by atoms with van der Waals surface area (Å²) >= 11 is 1.65. The Morgan fingerprint density at radius 3 is 2.72 bits per heavy atom. The lowest BCUT2D eigenvalue weighted by molar-refractivity contribution is -0.117. The number of carbonyl (C=O) groups excluding carboxylic acids is 1. The Morgan fingerprint density at radius 1 is 1.24 bits per heavy atom. The first kappa shape index (κ1) is 17.6. The van der Waals surface area contributed by atoms with Crippen molar-refractivity contribution in [3.63, 3.8) is 0 Å². The summed E-state index contributed by atoms with van der Waals surface area (Å²) in [6, 6.07) is 9.50. The lowest BCUT2D eigenvalue weighted by Gasteiger charge is -2.13. The lowest BCUT2D eigenvalue weighted by Crippen LogP contribution is -2.37. The average Bonchev–Trinajstić information content (AvgIpc) is 3.13. The second-order valence-electron chi connectivity index (χ2n) is 5.66. The summed E-state index contributed by atoms with van der Waals surface area (Å²) in [7, 11) is 1.53. The molecule has 2 N–H and O–H groups in total. The summed E-state index contributed by atoms with van der Waals surface area (Å²) < 4.78 is 25.2. The highest BCUT2D eigenvalue weighted by molar-refractivity contribution is 7.99. The highest BCUT2D eigenvalue weighted by Crippen LogP contribution is 2.34. The predicted octanol–water partition coefficient (Wildman–Crippen LogP) is 3.54. The van der Waals surface area contributed by atoms with E-state index in [0.717, 1.165) is 11.4 Å². The van der Waals surface area contributed by atoms with Crippen molar-refractivity contribution in [2.24, 2.45) is 0 Å². The first-order chi connectivity index (χ1) is 12.1. The summed E-state index contributed by atoms with van der Waals surface area (Å²) in [6.07, 6.45) is 0. The van der Waals surface area contributed by atoms with E-state index in [4.69, 9.17) is 9.47 Å². The molecule has 1 amide bonds. The maximum atomic E-state index is 14.3. The molecule has 1 aliphatic rings. The van der Waals surface area contributed by atoms with Gasteiger partial charge in [0.05, 0.1) is 13.2 Å². The molecule has 1 unspecified atom stereocenters. The first-order valence-corrected chi connectivity index (χ1v) is 8.96. The molecule has 1 saturated heterocycles. The molecule has 0 spiro atoms. The van der Waals surface area contributed by atoms with E-state index < -0.39 is 5.82 Å². The minimum absolute atomic E-state index is 0.0645. The van der Waals surface area contributed by atoms with E-state index in [1.54, 1.807) is 23.9 Å². The molecule has 1 heterocycles. The summed E-state index contributed by atoms with van der Waals surface area (Å²) in [5, 5.41) is 5.78. The van der Waals surface area contributed by atoms with Crippen molar-refractivity contribution in [3.05, 3.63) is 47.8 Å². The van der Waals surface area contributed by atoms with Crippen LogP contribution in [0.3, 0.4) is 0 Å². The molecule has 3 rings (SSSR count). The SMILES string of the molecule is COc1cc(C)ccc1Oc1ccc(NC(=O)C2CSCN2)cc1F. The minimum atomic E-state index is -0.561. The zero-order valence-electron chi connectivity index (χ0n) is 14.0. The number of hydrogen-bond donors (Lipinski definition) is 2. The number of ether oxygens (including phenoxy) is 2. The Balaban J connectivity index is 1.72. The fourth-order valence-corrected chi connectivity index (χ4v) is 3.37. The molecule has 25 heavy (non-hydrogen) atoms. The number of hydrogen-bond acceptors (Lipinski definition) is 5. The molecular weight excluding hydrogens is 343 g/mol. The van der Waals surface area contributed by atoms with Crippen molar-refractivity contribution in [1.82, 2.24) is 5.32 Å². The number of benzene rings is 2. The van der Waals surface area contributed by atoms with Gasteiger partial charge in [-0.2, -0.15) is 0 Å². The molecule has 0 aromatic heterocycles. The average molecular weight is 362 g/mol. The van der Waals surface area contributed by atoms with E-state index >= 15 is 0 Å². The highest BCUT2D eigenvalue weighted by atomic mass is 32.2. The van der Waals surface area contributed by atoms with Crippen molar-refractivity contribution in [3.8, 4) is 17.2 Å². The zero-order chi connectivity index (χ0) is 17.8. The molecule has 0 bridgehead atoms.